The van der Waals surface area contributed by atoms with Gasteiger partial charge in [-0.25, -0.2) is 0 Å². The molecule has 0 bridgehead atoms. The van der Waals surface area contributed by atoms with E-state index in [1.54, 1.807) is 31.4 Å². The van der Waals surface area contributed by atoms with Crippen LogP contribution in [0.3, 0.4) is 0 Å². The number of hydrogen-bond acceptors (Lipinski definition) is 4. The van der Waals surface area contributed by atoms with Crippen LogP contribution in [-0.4, -0.2) is 24.4 Å². The molecular weight excluding hydrogens is 282 g/mol. The van der Waals surface area contributed by atoms with Crippen LogP contribution in [0, 0.1) is 10.1 Å². The highest BCUT2D eigenvalue weighted by molar-refractivity contribution is 5.87. The molecule has 0 unspecified atom stereocenters. The fourth-order valence-corrected chi connectivity index (χ4v) is 2.30. The zero-order valence-corrected chi connectivity index (χ0v) is 12.3. The van der Waals surface area contributed by atoms with E-state index in [1.807, 2.05) is 30.3 Å². The van der Waals surface area contributed by atoms with E-state index >= 15 is 0 Å². The van der Waals surface area contributed by atoms with Crippen molar-refractivity contribution in [2.45, 2.75) is 12.3 Å². The third-order valence-corrected chi connectivity index (χ3v) is 3.46. The highest BCUT2D eigenvalue weighted by atomic mass is 16.6. The van der Waals surface area contributed by atoms with Crippen molar-refractivity contribution < 1.29 is 14.5 Å². The molecular formula is C17H17NO4. The summed E-state index contributed by atoms with van der Waals surface area (Å²) in [5, 5.41) is 10.9. The third kappa shape index (κ3) is 4.15. The first kappa shape index (κ1) is 15.7. The molecule has 0 N–H and O–H groups in total. The number of nitrogens with zero attached hydrogens (tertiary/aromatic N) is 1. The van der Waals surface area contributed by atoms with Gasteiger partial charge in [-0.2, -0.15) is 0 Å². The van der Waals surface area contributed by atoms with Crippen LogP contribution in [0.5, 0.6) is 5.75 Å². The fourth-order valence-electron chi connectivity index (χ4n) is 2.30. The van der Waals surface area contributed by atoms with Gasteiger partial charge in [0.1, 0.15) is 11.7 Å². The van der Waals surface area contributed by atoms with Crippen LogP contribution >= 0.6 is 0 Å². The van der Waals surface area contributed by atoms with E-state index in [-0.39, 0.29) is 12.2 Å². The number of nitro groups is 1. The highest BCUT2D eigenvalue weighted by Gasteiger charge is 2.26. The summed E-state index contributed by atoms with van der Waals surface area (Å²) >= 11 is 0. The number of methoxy groups -OCH3 is 1. The number of carbonyl (C=O) groups excluding carboxylic acids is 1. The lowest BCUT2D eigenvalue weighted by Gasteiger charge is -2.13. The quantitative estimate of drug-likeness (QED) is 0.582. The third-order valence-electron chi connectivity index (χ3n) is 3.46. The molecule has 0 heterocycles. The van der Waals surface area contributed by atoms with Crippen molar-refractivity contribution in [1.29, 1.82) is 0 Å². The van der Waals surface area contributed by atoms with Gasteiger partial charge in [-0.1, -0.05) is 42.5 Å². The molecule has 0 amide bonds. The van der Waals surface area contributed by atoms with Crippen LogP contribution in [0.1, 0.15) is 17.0 Å². The molecule has 0 aliphatic rings. The monoisotopic (exact) mass is 299 g/mol. The van der Waals surface area contributed by atoms with Gasteiger partial charge in [-0.3, -0.25) is 14.9 Å². The Labute approximate surface area is 128 Å². The summed E-state index contributed by atoms with van der Waals surface area (Å²) in [5.41, 5.74) is 1.49. The molecule has 0 saturated heterocycles. The Kier molecular flexibility index (Phi) is 5.25. The zero-order chi connectivity index (χ0) is 15.9. The van der Waals surface area contributed by atoms with Crippen LogP contribution < -0.4 is 4.74 Å². The van der Waals surface area contributed by atoms with Crippen molar-refractivity contribution in [3.8, 4) is 5.75 Å². The molecule has 2 aromatic carbocycles. The number of rotatable bonds is 7. The van der Waals surface area contributed by atoms with Crippen LogP contribution in [0.25, 0.3) is 0 Å². The Morgan fingerprint density at radius 1 is 1.14 bits per heavy atom. The van der Waals surface area contributed by atoms with Crippen molar-refractivity contribution in [2.24, 2.45) is 0 Å². The van der Waals surface area contributed by atoms with Crippen molar-refractivity contribution in [3.63, 3.8) is 0 Å². The molecule has 0 fully saturated rings. The van der Waals surface area contributed by atoms with Gasteiger partial charge in [0, 0.05) is 11.3 Å². The second-order valence-electron chi connectivity index (χ2n) is 4.97. The SMILES string of the molecule is COc1ccc([C@H](C[N+](=O)[O-])C(=O)Cc2ccccc2)cc1. The number of Topliss-reactive ketones (excluding diaryl/α,β-unsaturated/α-hetero) is 1. The summed E-state index contributed by atoms with van der Waals surface area (Å²) in [5.74, 6) is -0.256. The van der Waals surface area contributed by atoms with E-state index in [2.05, 4.69) is 0 Å². The van der Waals surface area contributed by atoms with E-state index in [0.29, 0.717) is 11.3 Å². The van der Waals surface area contributed by atoms with E-state index < -0.39 is 17.4 Å². The lowest BCUT2D eigenvalue weighted by Crippen LogP contribution is -2.23. The van der Waals surface area contributed by atoms with Crippen molar-refractivity contribution in [1.82, 2.24) is 0 Å². The van der Waals surface area contributed by atoms with Gasteiger partial charge in [0.2, 0.25) is 6.54 Å². The van der Waals surface area contributed by atoms with Gasteiger partial charge in [-0.15, -0.1) is 0 Å². The molecule has 2 aromatic rings. The summed E-state index contributed by atoms with van der Waals surface area (Å²) in [4.78, 5) is 22.9. The van der Waals surface area contributed by atoms with Crippen molar-refractivity contribution in [2.75, 3.05) is 13.7 Å². The normalized spacial score (nSPS) is 11.7. The Balaban J connectivity index is 2.20. The zero-order valence-electron chi connectivity index (χ0n) is 12.3. The van der Waals surface area contributed by atoms with Crippen LogP contribution in [0.2, 0.25) is 0 Å². The topological polar surface area (TPSA) is 69.4 Å². The predicted octanol–water partition coefficient (Wildman–Crippen LogP) is 2.87. The Bertz CT molecular complexity index is 637. The first-order chi connectivity index (χ1) is 10.6. The second-order valence-corrected chi connectivity index (χ2v) is 4.97. The van der Waals surface area contributed by atoms with Crippen LogP contribution in [-0.2, 0) is 11.2 Å². The van der Waals surface area contributed by atoms with Gasteiger partial charge < -0.3 is 4.74 Å². The molecule has 0 radical (unpaired) electrons. The molecule has 5 heteroatoms. The minimum atomic E-state index is -0.749. The van der Waals surface area contributed by atoms with Gasteiger partial charge in [-0.05, 0) is 23.3 Å². The van der Waals surface area contributed by atoms with Gasteiger partial charge in [0.15, 0.2) is 5.78 Å². The maximum absolute atomic E-state index is 12.5. The Hall–Kier alpha value is -2.69. The Morgan fingerprint density at radius 2 is 1.77 bits per heavy atom. The first-order valence-electron chi connectivity index (χ1n) is 6.92. The first-order valence-corrected chi connectivity index (χ1v) is 6.92. The maximum atomic E-state index is 12.5. The summed E-state index contributed by atoms with van der Waals surface area (Å²) in [6.45, 7) is -0.405. The van der Waals surface area contributed by atoms with Gasteiger partial charge in [0.05, 0.1) is 7.11 Å². The molecule has 0 aliphatic carbocycles. The van der Waals surface area contributed by atoms with Gasteiger partial charge >= 0.3 is 0 Å². The molecule has 0 saturated carbocycles. The summed E-state index contributed by atoms with van der Waals surface area (Å²) < 4.78 is 5.07. The number of carbonyl (C=O) groups is 1. The van der Waals surface area contributed by atoms with Crippen LogP contribution in [0.15, 0.2) is 54.6 Å². The summed E-state index contributed by atoms with van der Waals surface area (Å²) in [6.07, 6.45) is 0.186. The molecule has 114 valence electrons. The maximum Gasteiger partial charge on any atom is 0.217 e. The number of benzene rings is 2. The number of ether oxygens (including phenoxy) is 1. The molecule has 5 nitrogen and oxygen atoms in total. The molecule has 0 aliphatic heterocycles. The van der Waals surface area contributed by atoms with E-state index in [9.17, 15) is 14.9 Å². The average Bonchev–Trinajstić information content (AvgIpc) is 2.53. The minimum absolute atomic E-state index is 0.159. The van der Waals surface area contributed by atoms with E-state index in [0.717, 1.165) is 5.56 Å². The molecule has 22 heavy (non-hydrogen) atoms. The molecule has 1 atom stereocenters. The number of hydrogen-bond donors (Lipinski definition) is 0. The standard InChI is InChI=1S/C17H17NO4/c1-22-15-9-7-14(8-10-15)16(12-18(20)21)17(19)11-13-5-3-2-4-6-13/h2-10,16H,11-12H2,1H3/t16-/m0/s1. The Morgan fingerprint density at radius 3 is 2.32 bits per heavy atom. The highest BCUT2D eigenvalue weighted by Crippen LogP contribution is 2.22. The van der Waals surface area contributed by atoms with Crippen molar-refractivity contribution >= 4 is 5.78 Å². The molecule has 0 spiro atoms. The summed E-state index contributed by atoms with van der Waals surface area (Å²) in [7, 11) is 1.55. The average molecular weight is 299 g/mol. The van der Waals surface area contributed by atoms with E-state index in [4.69, 9.17) is 4.74 Å². The predicted molar refractivity (Wildman–Crippen MR) is 82.7 cm³/mol. The molecule has 2 rings (SSSR count). The number of ketones is 1. The van der Waals surface area contributed by atoms with Crippen LogP contribution in [0.4, 0.5) is 0 Å². The largest absolute Gasteiger partial charge is 0.497 e. The van der Waals surface area contributed by atoms with Gasteiger partial charge in [0.25, 0.3) is 0 Å². The fraction of sp³-hybridized carbons (Fsp3) is 0.235. The lowest BCUT2D eigenvalue weighted by molar-refractivity contribution is -0.481. The summed E-state index contributed by atoms with van der Waals surface area (Å²) in [6, 6.07) is 16.1. The lowest BCUT2D eigenvalue weighted by atomic mass is 9.91. The molecule has 0 aromatic heterocycles. The second kappa shape index (κ2) is 7.36. The van der Waals surface area contributed by atoms with Crippen molar-refractivity contribution in [3.05, 3.63) is 75.8 Å². The minimum Gasteiger partial charge on any atom is -0.497 e. The smallest absolute Gasteiger partial charge is 0.217 e. The van der Waals surface area contributed by atoms with E-state index in [1.165, 1.54) is 0 Å².